The van der Waals surface area contributed by atoms with Crippen molar-refractivity contribution < 1.29 is 9.21 Å². The van der Waals surface area contributed by atoms with E-state index < -0.39 is 0 Å². The maximum absolute atomic E-state index is 10.9. The Balaban J connectivity index is 2.18. The lowest BCUT2D eigenvalue weighted by Gasteiger charge is -2.12. The molecule has 19 heavy (non-hydrogen) atoms. The first-order valence-electron chi connectivity index (χ1n) is 5.80. The SMILES string of the molecule is CC(=O)CSc1nnc(-c2cccc(N(C)C)c2)o1. The van der Waals surface area contributed by atoms with Crippen molar-refractivity contribution in [2.24, 2.45) is 0 Å². The molecule has 0 spiro atoms. The first-order chi connectivity index (χ1) is 9.06. The third kappa shape index (κ3) is 3.57. The maximum atomic E-state index is 10.9. The van der Waals surface area contributed by atoms with Gasteiger partial charge < -0.3 is 9.32 Å². The Kier molecular flexibility index (Phi) is 4.21. The normalized spacial score (nSPS) is 10.5. The summed E-state index contributed by atoms with van der Waals surface area (Å²) >= 11 is 1.25. The van der Waals surface area contributed by atoms with Gasteiger partial charge in [-0.2, -0.15) is 0 Å². The van der Waals surface area contributed by atoms with Crippen molar-refractivity contribution in [3.63, 3.8) is 0 Å². The summed E-state index contributed by atoms with van der Waals surface area (Å²) in [4.78, 5) is 12.9. The van der Waals surface area contributed by atoms with Crippen molar-refractivity contribution in [2.45, 2.75) is 12.1 Å². The molecule has 0 saturated carbocycles. The van der Waals surface area contributed by atoms with E-state index in [1.807, 2.05) is 43.3 Å². The van der Waals surface area contributed by atoms with Crippen LogP contribution in [0.4, 0.5) is 5.69 Å². The van der Waals surface area contributed by atoms with Gasteiger partial charge in [0.2, 0.25) is 5.89 Å². The maximum Gasteiger partial charge on any atom is 0.277 e. The van der Waals surface area contributed by atoms with E-state index in [1.165, 1.54) is 18.7 Å². The first kappa shape index (κ1) is 13.6. The number of carbonyl (C=O) groups is 1. The highest BCUT2D eigenvalue weighted by molar-refractivity contribution is 7.99. The molecule has 0 aliphatic carbocycles. The van der Waals surface area contributed by atoms with Crippen molar-refractivity contribution >= 4 is 23.2 Å². The van der Waals surface area contributed by atoms with Crippen LogP contribution < -0.4 is 4.90 Å². The lowest BCUT2D eigenvalue weighted by Crippen LogP contribution is -2.08. The van der Waals surface area contributed by atoms with E-state index in [4.69, 9.17) is 4.42 Å². The predicted octanol–water partition coefficient (Wildman–Crippen LogP) is 2.48. The fraction of sp³-hybridized carbons (Fsp3) is 0.308. The monoisotopic (exact) mass is 277 g/mol. The molecule has 0 aliphatic rings. The summed E-state index contributed by atoms with van der Waals surface area (Å²) in [5, 5.41) is 8.33. The average molecular weight is 277 g/mol. The molecule has 0 radical (unpaired) electrons. The van der Waals surface area contributed by atoms with Crippen LogP contribution in [0.25, 0.3) is 11.5 Å². The zero-order chi connectivity index (χ0) is 13.8. The third-order valence-corrected chi connectivity index (χ3v) is 3.38. The molecule has 0 atom stereocenters. The van der Waals surface area contributed by atoms with Gasteiger partial charge in [-0.15, -0.1) is 10.2 Å². The highest BCUT2D eigenvalue weighted by Gasteiger charge is 2.10. The van der Waals surface area contributed by atoms with Crippen LogP contribution in [-0.4, -0.2) is 35.8 Å². The van der Waals surface area contributed by atoms with Crippen LogP contribution >= 0.6 is 11.8 Å². The van der Waals surface area contributed by atoms with Crippen molar-refractivity contribution in [2.75, 3.05) is 24.7 Å². The minimum Gasteiger partial charge on any atom is -0.411 e. The van der Waals surface area contributed by atoms with Gasteiger partial charge >= 0.3 is 0 Å². The molecule has 6 heteroatoms. The predicted molar refractivity (Wildman–Crippen MR) is 75.5 cm³/mol. The summed E-state index contributed by atoms with van der Waals surface area (Å²) in [5.74, 6) is 0.897. The summed E-state index contributed by atoms with van der Waals surface area (Å²) in [5.41, 5.74) is 1.93. The molecule has 0 unspecified atom stereocenters. The number of Topliss-reactive ketones (excluding diaryl/α,β-unsaturated/α-hetero) is 1. The number of hydrogen-bond acceptors (Lipinski definition) is 6. The average Bonchev–Trinajstić information content (AvgIpc) is 2.85. The van der Waals surface area contributed by atoms with Gasteiger partial charge in [-0.1, -0.05) is 17.8 Å². The van der Waals surface area contributed by atoms with Crippen LogP contribution in [0.2, 0.25) is 0 Å². The Morgan fingerprint density at radius 3 is 2.84 bits per heavy atom. The molecule has 1 aromatic heterocycles. The largest absolute Gasteiger partial charge is 0.411 e. The molecule has 0 saturated heterocycles. The standard InChI is InChI=1S/C13H15N3O2S/c1-9(17)8-19-13-15-14-12(18-13)10-5-4-6-11(7-10)16(2)3/h4-7H,8H2,1-3H3. The number of anilines is 1. The van der Waals surface area contributed by atoms with Crippen LogP contribution in [0, 0.1) is 0 Å². The van der Waals surface area contributed by atoms with Crippen molar-refractivity contribution in [3.05, 3.63) is 24.3 Å². The molecule has 0 fully saturated rings. The van der Waals surface area contributed by atoms with Crippen LogP contribution in [0.5, 0.6) is 0 Å². The molecular formula is C13H15N3O2S. The second-order valence-corrected chi connectivity index (χ2v) is 5.24. The molecule has 2 rings (SSSR count). The van der Waals surface area contributed by atoms with E-state index in [-0.39, 0.29) is 5.78 Å². The molecule has 1 heterocycles. The van der Waals surface area contributed by atoms with Gasteiger partial charge in [-0.05, 0) is 25.1 Å². The van der Waals surface area contributed by atoms with E-state index in [0.29, 0.717) is 16.9 Å². The summed E-state index contributed by atoms with van der Waals surface area (Å²) in [6.07, 6.45) is 0. The van der Waals surface area contributed by atoms with E-state index in [1.54, 1.807) is 0 Å². The van der Waals surface area contributed by atoms with Crippen molar-refractivity contribution in [3.8, 4) is 11.5 Å². The summed E-state index contributed by atoms with van der Waals surface area (Å²) in [6, 6.07) is 7.84. The summed E-state index contributed by atoms with van der Waals surface area (Å²) in [7, 11) is 3.95. The lowest BCUT2D eigenvalue weighted by atomic mass is 10.2. The fourth-order valence-corrected chi connectivity index (χ4v) is 2.03. The van der Waals surface area contributed by atoms with Crippen molar-refractivity contribution in [1.82, 2.24) is 10.2 Å². The van der Waals surface area contributed by atoms with Gasteiger partial charge in [-0.3, -0.25) is 4.79 Å². The van der Waals surface area contributed by atoms with Gasteiger partial charge in [0.05, 0.1) is 5.75 Å². The van der Waals surface area contributed by atoms with Gasteiger partial charge in [0.15, 0.2) is 0 Å². The fourth-order valence-electron chi connectivity index (χ4n) is 1.47. The number of aromatic nitrogens is 2. The Bertz CT molecular complexity index is 581. The second-order valence-electron chi connectivity index (χ2n) is 4.31. The zero-order valence-corrected chi connectivity index (χ0v) is 11.9. The quantitative estimate of drug-likeness (QED) is 0.783. The Morgan fingerprint density at radius 1 is 1.37 bits per heavy atom. The summed E-state index contributed by atoms with van der Waals surface area (Å²) < 4.78 is 5.52. The van der Waals surface area contributed by atoms with Gasteiger partial charge in [-0.25, -0.2) is 0 Å². The van der Waals surface area contributed by atoms with Crippen LogP contribution in [0.3, 0.4) is 0 Å². The molecule has 0 amide bonds. The van der Waals surface area contributed by atoms with Crippen LogP contribution in [0.1, 0.15) is 6.92 Å². The topological polar surface area (TPSA) is 59.2 Å². The molecule has 1 aromatic carbocycles. The molecular weight excluding hydrogens is 262 g/mol. The number of nitrogens with zero attached hydrogens (tertiary/aromatic N) is 3. The number of hydrogen-bond donors (Lipinski definition) is 0. The number of benzene rings is 1. The minimum absolute atomic E-state index is 0.0827. The molecule has 0 N–H and O–H groups in total. The smallest absolute Gasteiger partial charge is 0.277 e. The van der Waals surface area contributed by atoms with Gasteiger partial charge in [0.1, 0.15) is 5.78 Å². The molecule has 100 valence electrons. The number of ketones is 1. The highest BCUT2D eigenvalue weighted by atomic mass is 32.2. The van der Waals surface area contributed by atoms with Gasteiger partial charge in [0, 0.05) is 25.3 Å². The number of carbonyl (C=O) groups excluding carboxylic acids is 1. The molecule has 2 aromatic rings. The number of rotatable bonds is 5. The van der Waals surface area contributed by atoms with E-state index in [9.17, 15) is 4.79 Å². The Labute approximate surface area is 116 Å². The van der Waals surface area contributed by atoms with Crippen LogP contribution in [0.15, 0.2) is 33.9 Å². The lowest BCUT2D eigenvalue weighted by molar-refractivity contribution is -0.114. The third-order valence-electron chi connectivity index (χ3n) is 2.41. The Hall–Kier alpha value is -1.82. The minimum atomic E-state index is 0.0827. The summed E-state index contributed by atoms with van der Waals surface area (Å²) in [6.45, 7) is 1.53. The second kappa shape index (κ2) is 5.88. The van der Waals surface area contributed by atoms with E-state index in [0.717, 1.165) is 11.3 Å². The van der Waals surface area contributed by atoms with Crippen LogP contribution in [-0.2, 0) is 4.79 Å². The number of thioether (sulfide) groups is 1. The van der Waals surface area contributed by atoms with Gasteiger partial charge in [0.25, 0.3) is 5.22 Å². The van der Waals surface area contributed by atoms with E-state index in [2.05, 4.69) is 10.2 Å². The molecule has 0 bridgehead atoms. The molecule has 0 aliphatic heterocycles. The van der Waals surface area contributed by atoms with E-state index >= 15 is 0 Å². The first-order valence-corrected chi connectivity index (χ1v) is 6.78. The molecule has 5 nitrogen and oxygen atoms in total. The zero-order valence-electron chi connectivity index (χ0n) is 11.1. The Morgan fingerprint density at radius 2 is 2.16 bits per heavy atom. The van der Waals surface area contributed by atoms with Crippen molar-refractivity contribution in [1.29, 1.82) is 0 Å². The highest BCUT2D eigenvalue weighted by Crippen LogP contribution is 2.25.